The zero-order chi connectivity index (χ0) is 25.3. The number of pyridine rings is 1. The van der Waals surface area contributed by atoms with Gasteiger partial charge >= 0.3 is 5.97 Å². The molecule has 1 aliphatic heterocycles. The third kappa shape index (κ3) is 6.91. The molecule has 0 saturated carbocycles. The molecule has 190 valence electrons. The number of anilines is 1. The van der Waals surface area contributed by atoms with E-state index < -0.39 is 17.9 Å². The maximum absolute atomic E-state index is 12.7. The van der Waals surface area contributed by atoms with Gasteiger partial charge in [-0.05, 0) is 61.4 Å². The number of aromatic nitrogens is 3. The van der Waals surface area contributed by atoms with E-state index in [4.69, 9.17) is 9.72 Å². The van der Waals surface area contributed by atoms with E-state index in [1.54, 1.807) is 29.1 Å². The second-order valence-corrected chi connectivity index (χ2v) is 9.05. The number of fused-ring (bicyclic) bond motifs is 1. The molecule has 1 unspecified atom stereocenters. The number of nitrogens with one attached hydrogen (secondary N) is 2. The highest BCUT2D eigenvalue weighted by Gasteiger charge is 2.21. The number of hydrogen-bond acceptors (Lipinski definition) is 6. The predicted molar refractivity (Wildman–Crippen MR) is 137 cm³/mol. The van der Waals surface area contributed by atoms with Crippen molar-refractivity contribution in [1.82, 2.24) is 20.1 Å². The quantitative estimate of drug-likeness (QED) is 0.332. The Morgan fingerprint density at radius 2 is 2.08 bits per heavy atom. The highest BCUT2D eigenvalue weighted by atomic mass is 16.5. The molecule has 3 heterocycles. The van der Waals surface area contributed by atoms with Crippen LogP contribution in [-0.2, 0) is 29.4 Å². The molecule has 1 atom stereocenters. The average molecular weight is 492 g/mol. The van der Waals surface area contributed by atoms with E-state index in [1.807, 2.05) is 19.3 Å². The van der Waals surface area contributed by atoms with Crippen LogP contribution in [0.25, 0.3) is 11.1 Å². The molecular weight excluding hydrogens is 458 g/mol. The van der Waals surface area contributed by atoms with Crippen molar-refractivity contribution in [1.29, 1.82) is 0 Å². The number of unbranched alkanes of at least 4 members (excludes halogenated alkanes) is 1. The first-order chi connectivity index (χ1) is 17.5. The highest BCUT2D eigenvalue weighted by molar-refractivity contribution is 5.97. The standard InChI is InChI=1S/C27H33N5O4/c1-32-18-22(17-29-32)20-6-4-7-21(16-20)26(33)31-24(27(34)35)12-15-36-14-3-2-9-23-11-10-19-8-5-13-28-25(19)30-23/h4,6-7,10-11,16-18,24H,2-3,5,8-9,12-15H2,1H3,(H,28,30)(H,31,33)(H,34,35). The van der Waals surface area contributed by atoms with E-state index in [0.29, 0.717) is 12.2 Å². The van der Waals surface area contributed by atoms with Crippen LogP contribution < -0.4 is 10.6 Å². The molecule has 0 saturated heterocycles. The molecule has 1 aromatic carbocycles. The van der Waals surface area contributed by atoms with Crippen molar-refractivity contribution in [3.8, 4) is 11.1 Å². The second-order valence-electron chi connectivity index (χ2n) is 9.05. The molecule has 1 aliphatic rings. The van der Waals surface area contributed by atoms with Gasteiger partial charge in [-0.1, -0.05) is 18.2 Å². The smallest absolute Gasteiger partial charge is 0.326 e. The Morgan fingerprint density at radius 3 is 2.89 bits per heavy atom. The van der Waals surface area contributed by atoms with Crippen molar-refractivity contribution in [2.75, 3.05) is 25.1 Å². The topological polar surface area (TPSA) is 118 Å². The van der Waals surface area contributed by atoms with Gasteiger partial charge in [0.1, 0.15) is 11.9 Å². The van der Waals surface area contributed by atoms with Gasteiger partial charge in [0.25, 0.3) is 5.91 Å². The Balaban J connectivity index is 1.18. The lowest BCUT2D eigenvalue weighted by Gasteiger charge is -2.17. The summed E-state index contributed by atoms with van der Waals surface area (Å²) in [6.07, 6.45) is 8.68. The lowest BCUT2D eigenvalue weighted by molar-refractivity contribution is -0.139. The number of ether oxygens (including phenoxy) is 1. The van der Waals surface area contributed by atoms with Gasteiger partial charge in [0, 0.05) is 56.2 Å². The van der Waals surface area contributed by atoms with Crippen LogP contribution in [0.15, 0.2) is 48.8 Å². The van der Waals surface area contributed by atoms with E-state index in [2.05, 4.69) is 27.9 Å². The fourth-order valence-electron chi connectivity index (χ4n) is 4.23. The van der Waals surface area contributed by atoms with Gasteiger partial charge < -0.3 is 20.5 Å². The van der Waals surface area contributed by atoms with Crippen LogP contribution in [-0.4, -0.2) is 57.5 Å². The summed E-state index contributed by atoms with van der Waals surface area (Å²) in [4.78, 5) is 29.1. The summed E-state index contributed by atoms with van der Waals surface area (Å²) in [5.74, 6) is -0.497. The van der Waals surface area contributed by atoms with Crippen LogP contribution in [0, 0.1) is 0 Å². The Bertz CT molecular complexity index is 1190. The maximum atomic E-state index is 12.7. The van der Waals surface area contributed by atoms with Crippen molar-refractivity contribution in [3.63, 3.8) is 0 Å². The third-order valence-corrected chi connectivity index (χ3v) is 6.24. The molecular formula is C27H33N5O4. The van der Waals surface area contributed by atoms with Crippen LogP contribution in [0.4, 0.5) is 5.82 Å². The minimum atomic E-state index is -1.08. The molecule has 0 radical (unpaired) electrons. The zero-order valence-electron chi connectivity index (χ0n) is 20.6. The van der Waals surface area contributed by atoms with Crippen LogP contribution in [0.1, 0.15) is 47.3 Å². The van der Waals surface area contributed by atoms with E-state index in [0.717, 1.165) is 61.3 Å². The maximum Gasteiger partial charge on any atom is 0.326 e. The van der Waals surface area contributed by atoms with Crippen LogP contribution >= 0.6 is 0 Å². The van der Waals surface area contributed by atoms with Gasteiger partial charge in [0.15, 0.2) is 0 Å². The number of carbonyl (C=O) groups excluding carboxylic acids is 1. The van der Waals surface area contributed by atoms with Crippen LogP contribution in [0.2, 0.25) is 0 Å². The van der Waals surface area contributed by atoms with Crippen molar-refractivity contribution in [2.24, 2.45) is 7.05 Å². The molecule has 9 heteroatoms. The number of aliphatic carboxylic acids is 1. The number of hydrogen-bond donors (Lipinski definition) is 3. The zero-order valence-corrected chi connectivity index (χ0v) is 20.6. The van der Waals surface area contributed by atoms with E-state index in [9.17, 15) is 14.7 Å². The van der Waals surface area contributed by atoms with E-state index in [1.165, 1.54) is 5.56 Å². The molecule has 0 bridgehead atoms. The van der Waals surface area contributed by atoms with Crippen LogP contribution in [0.5, 0.6) is 0 Å². The monoisotopic (exact) mass is 491 g/mol. The lowest BCUT2D eigenvalue weighted by Crippen LogP contribution is -2.41. The van der Waals surface area contributed by atoms with Crippen molar-refractivity contribution in [3.05, 3.63) is 65.6 Å². The summed E-state index contributed by atoms with van der Waals surface area (Å²) in [6.45, 7) is 1.78. The number of carbonyl (C=O) groups is 2. The summed E-state index contributed by atoms with van der Waals surface area (Å²) in [5.41, 5.74) is 4.48. The average Bonchev–Trinajstić information content (AvgIpc) is 3.33. The number of carboxylic acids is 1. The second kappa shape index (κ2) is 12.3. The van der Waals surface area contributed by atoms with Gasteiger partial charge in [0.05, 0.1) is 6.20 Å². The predicted octanol–water partition coefficient (Wildman–Crippen LogP) is 3.45. The summed E-state index contributed by atoms with van der Waals surface area (Å²) in [5, 5.41) is 19.7. The molecule has 3 aromatic rings. The summed E-state index contributed by atoms with van der Waals surface area (Å²) in [6, 6.07) is 10.3. The summed E-state index contributed by atoms with van der Waals surface area (Å²) < 4.78 is 7.34. The van der Waals surface area contributed by atoms with Crippen LogP contribution in [0.3, 0.4) is 0 Å². The molecule has 4 rings (SSSR count). The fourth-order valence-corrected chi connectivity index (χ4v) is 4.23. The number of rotatable bonds is 12. The van der Waals surface area contributed by atoms with E-state index in [-0.39, 0.29) is 13.0 Å². The molecule has 2 aromatic heterocycles. The number of amides is 1. The molecule has 9 nitrogen and oxygen atoms in total. The van der Waals surface area contributed by atoms with Gasteiger partial charge in [-0.15, -0.1) is 0 Å². The summed E-state index contributed by atoms with van der Waals surface area (Å²) >= 11 is 0. The SMILES string of the molecule is Cn1cc(-c2cccc(C(=O)NC(CCOCCCCc3ccc4c(n3)NCCC4)C(=O)O)c2)cn1. The molecule has 36 heavy (non-hydrogen) atoms. The number of nitrogens with zero attached hydrogens (tertiary/aromatic N) is 3. The minimum absolute atomic E-state index is 0.196. The number of benzene rings is 1. The Kier molecular flexibility index (Phi) is 8.67. The first-order valence-corrected chi connectivity index (χ1v) is 12.4. The molecule has 0 fully saturated rings. The highest BCUT2D eigenvalue weighted by Crippen LogP contribution is 2.21. The Labute approximate surface area is 210 Å². The first-order valence-electron chi connectivity index (χ1n) is 12.4. The van der Waals surface area contributed by atoms with Gasteiger partial charge in [0.2, 0.25) is 0 Å². The molecule has 3 N–H and O–H groups in total. The largest absolute Gasteiger partial charge is 0.480 e. The Hall–Kier alpha value is -3.72. The van der Waals surface area contributed by atoms with Gasteiger partial charge in [-0.25, -0.2) is 9.78 Å². The normalized spacial score (nSPS) is 13.5. The van der Waals surface area contributed by atoms with Gasteiger partial charge in [-0.2, -0.15) is 5.10 Å². The fraction of sp³-hybridized carbons (Fsp3) is 0.407. The first kappa shape index (κ1) is 25.4. The number of aryl methyl sites for hydroxylation is 3. The van der Waals surface area contributed by atoms with Crippen molar-refractivity contribution >= 4 is 17.7 Å². The van der Waals surface area contributed by atoms with Crippen molar-refractivity contribution in [2.45, 2.75) is 44.6 Å². The molecule has 0 spiro atoms. The summed E-state index contributed by atoms with van der Waals surface area (Å²) in [7, 11) is 1.82. The third-order valence-electron chi connectivity index (χ3n) is 6.24. The molecule has 0 aliphatic carbocycles. The molecule has 1 amide bonds. The Morgan fingerprint density at radius 1 is 1.19 bits per heavy atom. The van der Waals surface area contributed by atoms with Gasteiger partial charge in [-0.3, -0.25) is 9.48 Å². The van der Waals surface area contributed by atoms with E-state index >= 15 is 0 Å². The minimum Gasteiger partial charge on any atom is -0.480 e. The number of carboxylic acid groups (broad SMARTS) is 1. The van der Waals surface area contributed by atoms with Crippen molar-refractivity contribution < 1.29 is 19.4 Å². The lowest BCUT2D eigenvalue weighted by atomic mass is 10.1.